The Kier molecular flexibility index (Phi) is 5.31. The van der Waals surface area contributed by atoms with Gasteiger partial charge in [0.05, 0.1) is 11.0 Å². The molecule has 0 aliphatic carbocycles. The number of nitro groups is 1. The molecule has 0 saturated carbocycles. The number of carbonyl (C=O) groups excluding carboxylic acids is 1. The summed E-state index contributed by atoms with van der Waals surface area (Å²) in [5.41, 5.74) is 0.842. The predicted octanol–water partition coefficient (Wildman–Crippen LogP) is 2.46. The zero-order valence-electron chi connectivity index (χ0n) is 14.0. The summed E-state index contributed by atoms with van der Waals surface area (Å²) in [5, 5.41) is 10.8. The Bertz CT molecular complexity index is 789. The van der Waals surface area contributed by atoms with Crippen molar-refractivity contribution in [2.75, 3.05) is 37.7 Å². The van der Waals surface area contributed by atoms with E-state index in [1.54, 1.807) is 23.1 Å². The Morgan fingerprint density at radius 2 is 1.81 bits per heavy atom. The number of amides is 1. The molecule has 2 aromatic rings. The smallest absolute Gasteiger partial charge is 0.273 e. The average molecular weight is 359 g/mol. The number of carbonyl (C=O) groups is 1. The van der Waals surface area contributed by atoms with E-state index in [9.17, 15) is 19.3 Å². The number of hydrogen-bond donors (Lipinski definition) is 0. The van der Waals surface area contributed by atoms with Gasteiger partial charge in [-0.25, -0.2) is 4.39 Å². The summed E-state index contributed by atoms with van der Waals surface area (Å²) in [6.07, 6.45) is 0. The first-order valence-corrected chi connectivity index (χ1v) is 8.18. The Balaban J connectivity index is 1.50. The maximum absolute atomic E-state index is 13.0. The van der Waals surface area contributed by atoms with Crippen molar-refractivity contribution in [3.05, 3.63) is 64.5 Å². The molecule has 0 bridgehead atoms. The average Bonchev–Trinajstić information content (AvgIpc) is 2.67. The molecule has 7 nitrogen and oxygen atoms in total. The van der Waals surface area contributed by atoms with Gasteiger partial charge < -0.3 is 14.5 Å². The second-order valence-electron chi connectivity index (χ2n) is 5.89. The minimum Gasteiger partial charge on any atom is -0.484 e. The lowest BCUT2D eigenvalue weighted by Gasteiger charge is -2.36. The van der Waals surface area contributed by atoms with Crippen molar-refractivity contribution in [2.24, 2.45) is 0 Å². The molecule has 1 aliphatic heterocycles. The quantitative estimate of drug-likeness (QED) is 0.605. The van der Waals surface area contributed by atoms with Crippen molar-refractivity contribution in [3.8, 4) is 5.75 Å². The first-order valence-electron chi connectivity index (χ1n) is 8.18. The number of nitrogens with zero attached hydrogens (tertiary/aromatic N) is 3. The number of benzene rings is 2. The van der Waals surface area contributed by atoms with E-state index >= 15 is 0 Å². The lowest BCUT2D eigenvalue weighted by atomic mass is 10.2. The van der Waals surface area contributed by atoms with E-state index in [1.807, 2.05) is 0 Å². The summed E-state index contributed by atoms with van der Waals surface area (Å²) in [5.74, 6) is -0.159. The summed E-state index contributed by atoms with van der Waals surface area (Å²) in [6.45, 7) is 2.20. The molecule has 1 fully saturated rings. The number of nitro benzene ring substituents is 1. The van der Waals surface area contributed by atoms with Crippen LogP contribution in [0.2, 0.25) is 0 Å². The number of hydrogen-bond acceptors (Lipinski definition) is 5. The lowest BCUT2D eigenvalue weighted by Crippen LogP contribution is -2.50. The van der Waals surface area contributed by atoms with Gasteiger partial charge in [0.25, 0.3) is 11.6 Å². The second kappa shape index (κ2) is 7.81. The third-order valence-corrected chi connectivity index (χ3v) is 4.21. The van der Waals surface area contributed by atoms with Crippen LogP contribution in [-0.2, 0) is 4.79 Å². The molecule has 0 atom stereocenters. The van der Waals surface area contributed by atoms with Crippen LogP contribution in [0.3, 0.4) is 0 Å². The molecule has 8 heteroatoms. The van der Waals surface area contributed by atoms with E-state index in [-0.39, 0.29) is 29.8 Å². The van der Waals surface area contributed by atoms with Crippen LogP contribution in [0.25, 0.3) is 0 Å². The van der Waals surface area contributed by atoms with Crippen molar-refractivity contribution in [1.29, 1.82) is 0 Å². The number of rotatable bonds is 5. The van der Waals surface area contributed by atoms with E-state index in [0.29, 0.717) is 26.2 Å². The summed E-state index contributed by atoms with van der Waals surface area (Å²) in [7, 11) is 0. The summed E-state index contributed by atoms with van der Waals surface area (Å²) in [4.78, 5) is 26.3. The molecule has 1 aliphatic rings. The third kappa shape index (κ3) is 4.27. The van der Waals surface area contributed by atoms with E-state index in [4.69, 9.17) is 4.74 Å². The largest absolute Gasteiger partial charge is 0.484 e. The van der Waals surface area contributed by atoms with Crippen LogP contribution in [0, 0.1) is 15.9 Å². The zero-order valence-corrected chi connectivity index (χ0v) is 14.0. The van der Waals surface area contributed by atoms with E-state index < -0.39 is 4.92 Å². The number of piperazine rings is 1. The fourth-order valence-electron chi connectivity index (χ4n) is 2.79. The molecule has 0 spiro atoms. The molecule has 1 heterocycles. The fraction of sp³-hybridized carbons (Fsp3) is 0.278. The van der Waals surface area contributed by atoms with Crippen molar-refractivity contribution < 1.29 is 18.8 Å². The lowest BCUT2D eigenvalue weighted by molar-refractivity contribution is -0.384. The molecular formula is C18H18FN3O4. The van der Waals surface area contributed by atoms with Crippen molar-refractivity contribution in [3.63, 3.8) is 0 Å². The normalized spacial score (nSPS) is 14.2. The second-order valence-corrected chi connectivity index (χ2v) is 5.89. The van der Waals surface area contributed by atoms with Crippen LogP contribution < -0.4 is 9.64 Å². The highest BCUT2D eigenvalue weighted by atomic mass is 19.1. The molecule has 0 unspecified atom stereocenters. The van der Waals surface area contributed by atoms with E-state index in [1.165, 1.54) is 30.3 Å². The SMILES string of the molecule is O=C(COc1cccc([N+](=O)[O-])c1)N1CCN(c2ccc(F)cc2)CC1. The monoisotopic (exact) mass is 359 g/mol. The summed E-state index contributed by atoms with van der Waals surface area (Å²) >= 11 is 0. The van der Waals surface area contributed by atoms with Crippen molar-refractivity contribution >= 4 is 17.3 Å². The topological polar surface area (TPSA) is 75.9 Å². The number of halogens is 1. The number of non-ortho nitro benzene ring substituents is 1. The highest BCUT2D eigenvalue weighted by molar-refractivity contribution is 5.78. The molecule has 0 radical (unpaired) electrons. The molecule has 1 amide bonds. The molecule has 26 heavy (non-hydrogen) atoms. The molecule has 0 aromatic heterocycles. The van der Waals surface area contributed by atoms with E-state index in [2.05, 4.69) is 4.90 Å². The Morgan fingerprint density at radius 3 is 2.46 bits per heavy atom. The van der Waals surface area contributed by atoms with Crippen molar-refractivity contribution in [2.45, 2.75) is 0 Å². The van der Waals surface area contributed by atoms with Gasteiger partial charge in [-0.3, -0.25) is 14.9 Å². The maximum atomic E-state index is 13.0. The van der Waals surface area contributed by atoms with Gasteiger partial charge in [-0.2, -0.15) is 0 Å². The predicted molar refractivity (Wildman–Crippen MR) is 93.8 cm³/mol. The van der Waals surface area contributed by atoms with Crippen LogP contribution >= 0.6 is 0 Å². The highest BCUT2D eigenvalue weighted by Crippen LogP contribution is 2.20. The Labute approximate surface area is 149 Å². The number of ether oxygens (including phenoxy) is 1. The van der Waals surface area contributed by atoms with Crippen molar-refractivity contribution in [1.82, 2.24) is 4.90 Å². The maximum Gasteiger partial charge on any atom is 0.273 e. The van der Waals surface area contributed by atoms with Gasteiger partial charge in [0, 0.05) is 37.9 Å². The number of anilines is 1. The van der Waals surface area contributed by atoms with Crippen LogP contribution in [0.4, 0.5) is 15.8 Å². The molecule has 136 valence electrons. The van der Waals surface area contributed by atoms with Crippen LogP contribution in [0.5, 0.6) is 5.75 Å². The van der Waals surface area contributed by atoms with Gasteiger partial charge in [0.1, 0.15) is 11.6 Å². The molecule has 2 aromatic carbocycles. The van der Waals surface area contributed by atoms with Gasteiger partial charge in [0.15, 0.2) is 6.61 Å². The van der Waals surface area contributed by atoms with Crippen LogP contribution in [0.15, 0.2) is 48.5 Å². The van der Waals surface area contributed by atoms with E-state index in [0.717, 1.165) is 5.69 Å². The Morgan fingerprint density at radius 1 is 1.12 bits per heavy atom. The Hall–Kier alpha value is -3.16. The van der Waals surface area contributed by atoms with Gasteiger partial charge in [-0.05, 0) is 30.3 Å². The minimum atomic E-state index is -0.511. The molecule has 0 N–H and O–H groups in total. The first-order chi connectivity index (χ1) is 12.5. The zero-order chi connectivity index (χ0) is 18.5. The van der Waals surface area contributed by atoms with Gasteiger partial charge in [0.2, 0.25) is 0 Å². The third-order valence-electron chi connectivity index (χ3n) is 4.21. The molecule has 1 saturated heterocycles. The van der Waals surface area contributed by atoms with Crippen LogP contribution in [0.1, 0.15) is 0 Å². The fourth-order valence-corrected chi connectivity index (χ4v) is 2.79. The molecular weight excluding hydrogens is 341 g/mol. The first kappa shape index (κ1) is 17.7. The molecule has 3 rings (SSSR count). The summed E-state index contributed by atoms with van der Waals surface area (Å²) < 4.78 is 18.4. The minimum absolute atomic E-state index is 0.0807. The standard InChI is InChI=1S/C18H18FN3O4/c19-14-4-6-15(7-5-14)20-8-10-21(11-9-20)18(23)13-26-17-3-1-2-16(12-17)22(24)25/h1-7,12H,8-11,13H2. The van der Waals surface area contributed by atoms with Gasteiger partial charge in [-0.15, -0.1) is 0 Å². The van der Waals surface area contributed by atoms with Gasteiger partial charge in [-0.1, -0.05) is 6.07 Å². The highest BCUT2D eigenvalue weighted by Gasteiger charge is 2.21. The van der Waals surface area contributed by atoms with Crippen LogP contribution in [-0.4, -0.2) is 48.5 Å². The van der Waals surface area contributed by atoms with Gasteiger partial charge >= 0.3 is 0 Å². The summed E-state index contributed by atoms with van der Waals surface area (Å²) in [6, 6.07) is 12.0.